The molecular formula is C24H52NO4S-. The largest absolute Gasteiger partial charge is 0.759 e. The topological polar surface area (TPSA) is 80.3 Å². The highest BCUT2D eigenvalue weighted by molar-refractivity contribution is 7.79. The highest BCUT2D eigenvalue weighted by Gasteiger charge is 2.25. The molecule has 184 valence electrons. The fourth-order valence-corrected chi connectivity index (χ4v) is 4.17. The Morgan fingerprint density at radius 3 is 0.833 bits per heavy atom. The number of nitrogens with zero attached hydrogens (tertiary/aromatic N) is 1. The van der Waals surface area contributed by atoms with Gasteiger partial charge in [0.15, 0.2) is 0 Å². The SMILES string of the molecule is CCCCCC[N+](CCCCCC)(CCCCCC)CCCCCC.O=S(=O)([O-])[O-]. The van der Waals surface area contributed by atoms with Crippen molar-refractivity contribution in [2.45, 2.75) is 130 Å². The van der Waals surface area contributed by atoms with Crippen molar-refractivity contribution in [2.24, 2.45) is 0 Å². The maximum atomic E-state index is 8.52. The van der Waals surface area contributed by atoms with Gasteiger partial charge in [0, 0.05) is 10.4 Å². The van der Waals surface area contributed by atoms with E-state index < -0.39 is 10.4 Å². The second-order valence-electron chi connectivity index (χ2n) is 8.89. The average Bonchev–Trinajstić information content (AvgIpc) is 2.68. The van der Waals surface area contributed by atoms with Crippen molar-refractivity contribution in [1.29, 1.82) is 0 Å². The van der Waals surface area contributed by atoms with Crippen molar-refractivity contribution in [3.63, 3.8) is 0 Å². The monoisotopic (exact) mass is 450 g/mol. The molecule has 0 heterocycles. The highest BCUT2D eigenvalue weighted by atomic mass is 32.3. The van der Waals surface area contributed by atoms with Crippen LogP contribution in [0.1, 0.15) is 130 Å². The summed E-state index contributed by atoms with van der Waals surface area (Å²) < 4.78 is 35.5. The summed E-state index contributed by atoms with van der Waals surface area (Å²) in [7, 11) is -5.17. The summed E-state index contributed by atoms with van der Waals surface area (Å²) in [6, 6.07) is 0. The van der Waals surface area contributed by atoms with Gasteiger partial charge in [0.2, 0.25) is 0 Å². The second kappa shape index (κ2) is 22.0. The van der Waals surface area contributed by atoms with Crippen molar-refractivity contribution >= 4 is 10.4 Å². The highest BCUT2D eigenvalue weighted by Crippen LogP contribution is 2.19. The summed E-state index contributed by atoms with van der Waals surface area (Å²) in [5.74, 6) is 0. The third-order valence-electron chi connectivity index (χ3n) is 5.94. The van der Waals surface area contributed by atoms with E-state index in [1.54, 1.807) is 0 Å². The summed E-state index contributed by atoms with van der Waals surface area (Å²) in [5, 5.41) is 0. The molecule has 0 radical (unpaired) electrons. The Morgan fingerprint density at radius 1 is 0.467 bits per heavy atom. The molecule has 0 aliphatic heterocycles. The fraction of sp³-hybridized carbons (Fsp3) is 1.00. The van der Waals surface area contributed by atoms with Crippen LogP contribution in [0.5, 0.6) is 0 Å². The molecule has 0 bridgehead atoms. The minimum Gasteiger partial charge on any atom is -0.759 e. The minimum atomic E-state index is -5.17. The number of hydrogen-bond acceptors (Lipinski definition) is 4. The number of unbranched alkanes of at least 4 members (excludes halogenated alkanes) is 12. The van der Waals surface area contributed by atoms with Crippen LogP contribution in [0.25, 0.3) is 0 Å². The van der Waals surface area contributed by atoms with Gasteiger partial charge >= 0.3 is 0 Å². The van der Waals surface area contributed by atoms with Crippen LogP contribution in [0, 0.1) is 0 Å². The molecule has 0 aromatic rings. The van der Waals surface area contributed by atoms with Gasteiger partial charge in [-0.25, -0.2) is 0 Å². The maximum Gasteiger partial charge on any atom is 0.0786 e. The van der Waals surface area contributed by atoms with Crippen molar-refractivity contribution in [1.82, 2.24) is 0 Å². The molecule has 0 rings (SSSR count). The van der Waals surface area contributed by atoms with Crippen LogP contribution >= 0.6 is 0 Å². The van der Waals surface area contributed by atoms with Gasteiger partial charge in [-0.15, -0.1) is 0 Å². The zero-order valence-electron chi connectivity index (χ0n) is 20.6. The molecule has 0 amide bonds. The molecule has 5 nitrogen and oxygen atoms in total. The van der Waals surface area contributed by atoms with Crippen LogP contribution in [-0.4, -0.2) is 48.2 Å². The van der Waals surface area contributed by atoms with Gasteiger partial charge < -0.3 is 13.6 Å². The van der Waals surface area contributed by atoms with E-state index in [1.807, 2.05) is 0 Å². The van der Waals surface area contributed by atoms with Crippen molar-refractivity contribution in [3.05, 3.63) is 0 Å². The van der Waals surface area contributed by atoms with E-state index in [-0.39, 0.29) is 0 Å². The number of rotatable bonds is 20. The fourth-order valence-electron chi connectivity index (χ4n) is 4.17. The zero-order chi connectivity index (χ0) is 23.1. The van der Waals surface area contributed by atoms with E-state index in [4.69, 9.17) is 17.5 Å². The molecule has 0 unspecified atom stereocenters. The summed E-state index contributed by atoms with van der Waals surface area (Å²) in [4.78, 5) is 0. The number of hydrogen-bond donors (Lipinski definition) is 0. The average molecular weight is 451 g/mol. The lowest BCUT2D eigenvalue weighted by atomic mass is 10.1. The minimum absolute atomic E-state index is 1.36. The van der Waals surface area contributed by atoms with E-state index in [2.05, 4.69) is 27.7 Å². The quantitative estimate of drug-likeness (QED) is 0.0885. The van der Waals surface area contributed by atoms with Crippen LogP contribution in [0.3, 0.4) is 0 Å². The standard InChI is InChI=1S/C24H52N.H2O4S/c1-5-9-13-17-21-25(22-18-14-10-6-2,23-19-15-11-7-3)24-20-16-12-8-4;1-5(2,3)4/h5-24H2,1-4H3;(H2,1,2,3,4)/q+1;/p-2. The van der Waals surface area contributed by atoms with Crippen molar-refractivity contribution in [3.8, 4) is 0 Å². The van der Waals surface area contributed by atoms with Crippen LogP contribution in [-0.2, 0) is 10.4 Å². The molecule has 0 saturated carbocycles. The molecule has 0 aromatic carbocycles. The Labute approximate surface area is 189 Å². The summed E-state index contributed by atoms with van der Waals surface area (Å²) >= 11 is 0. The molecule has 0 atom stereocenters. The van der Waals surface area contributed by atoms with Crippen LogP contribution in [0.15, 0.2) is 0 Å². The molecule has 0 spiro atoms. The summed E-state index contributed by atoms with van der Waals surface area (Å²) in [6.07, 6.45) is 22.8. The second-order valence-corrected chi connectivity index (χ2v) is 9.70. The van der Waals surface area contributed by atoms with E-state index in [0.29, 0.717) is 0 Å². The van der Waals surface area contributed by atoms with Gasteiger partial charge in [-0.1, -0.05) is 79.1 Å². The molecular weight excluding hydrogens is 398 g/mol. The van der Waals surface area contributed by atoms with E-state index in [9.17, 15) is 0 Å². The Hall–Kier alpha value is -0.170. The lowest BCUT2D eigenvalue weighted by Crippen LogP contribution is -2.50. The molecule has 0 aromatic heterocycles. The van der Waals surface area contributed by atoms with Crippen molar-refractivity contribution < 1.29 is 22.0 Å². The van der Waals surface area contributed by atoms with E-state index in [1.165, 1.54) is 133 Å². The molecule has 0 aliphatic rings. The molecule has 0 aliphatic carbocycles. The molecule has 30 heavy (non-hydrogen) atoms. The number of quaternary nitrogens is 1. The van der Waals surface area contributed by atoms with Gasteiger partial charge in [-0.2, -0.15) is 0 Å². The zero-order valence-corrected chi connectivity index (χ0v) is 21.4. The summed E-state index contributed by atoms with van der Waals surface area (Å²) in [6.45, 7) is 15.2. The van der Waals surface area contributed by atoms with E-state index in [0.717, 1.165) is 0 Å². The molecule has 0 N–H and O–H groups in total. The Balaban J connectivity index is 0. The molecule has 6 heteroatoms. The van der Waals surface area contributed by atoms with Gasteiger partial charge in [0.1, 0.15) is 0 Å². The first-order valence-corrected chi connectivity index (χ1v) is 14.1. The van der Waals surface area contributed by atoms with Gasteiger partial charge in [-0.3, -0.25) is 8.42 Å². The first kappa shape index (κ1) is 32.0. The maximum absolute atomic E-state index is 8.52. The van der Waals surface area contributed by atoms with Crippen LogP contribution in [0.2, 0.25) is 0 Å². The predicted molar refractivity (Wildman–Crippen MR) is 127 cm³/mol. The normalized spacial score (nSPS) is 11.9. The summed E-state index contributed by atoms with van der Waals surface area (Å²) in [5.41, 5.74) is 0. The van der Waals surface area contributed by atoms with Gasteiger partial charge in [0.25, 0.3) is 0 Å². The molecule has 0 saturated heterocycles. The van der Waals surface area contributed by atoms with E-state index >= 15 is 0 Å². The lowest BCUT2D eigenvalue weighted by Gasteiger charge is -2.39. The lowest BCUT2D eigenvalue weighted by molar-refractivity contribution is -0.929. The smallest absolute Gasteiger partial charge is 0.0786 e. The van der Waals surface area contributed by atoms with Crippen LogP contribution in [0.4, 0.5) is 0 Å². The van der Waals surface area contributed by atoms with Crippen molar-refractivity contribution in [2.75, 3.05) is 26.2 Å². The molecule has 0 fully saturated rings. The predicted octanol–water partition coefficient (Wildman–Crippen LogP) is 6.79. The van der Waals surface area contributed by atoms with Gasteiger partial charge in [-0.05, 0) is 51.4 Å². The third-order valence-corrected chi connectivity index (χ3v) is 5.94. The van der Waals surface area contributed by atoms with Gasteiger partial charge in [0.05, 0.1) is 26.2 Å². The third kappa shape index (κ3) is 25.9. The Morgan fingerprint density at radius 2 is 0.667 bits per heavy atom. The Bertz CT molecular complexity index is 379. The first-order chi connectivity index (χ1) is 14.2. The Kier molecular flexibility index (Phi) is 23.5. The first-order valence-electron chi connectivity index (χ1n) is 12.8. The van der Waals surface area contributed by atoms with Crippen LogP contribution < -0.4 is 0 Å².